The lowest BCUT2D eigenvalue weighted by molar-refractivity contribution is 0.473. The van der Waals surface area contributed by atoms with Gasteiger partial charge in [-0.05, 0) is 24.3 Å². The van der Waals surface area contributed by atoms with Gasteiger partial charge in [0.05, 0.1) is 22.1 Å². The number of benzene rings is 1. The molecule has 0 aliphatic rings. The molecule has 0 spiro atoms. The van der Waals surface area contributed by atoms with Crippen molar-refractivity contribution in [2.75, 3.05) is 6.26 Å². The molecule has 0 unspecified atom stereocenters. The fraction of sp³-hybridized carbons (Fsp3) is 0.0769. The molecule has 0 fully saturated rings. The number of H-pyrrole nitrogens is 1. The Labute approximate surface area is 115 Å². The smallest absolute Gasteiger partial charge is 0.175 e. The number of imidazole rings is 1. The molecule has 102 valence electrons. The highest BCUT2D eigenvalue weighted by Gasteiger charge is 2.11. The standard InChI is InChI=1S/C13H11N3O3S/c1-20(18,19)10-2-3-11-12(5-10)16-13(15-11)8-4-9(17)7-14-6-8/h2-7,17H,1H3,(H,15,16). The summed E-state index contributed by atoms with van der Waals surface area (Å²) in [7, 11) is -3.26. The molecule has 7 heteroatoms. The first-order valence-corrected chi connectivity index (χ1v) is 7.67. The van der Waals surface area contributed by atoms with Crippen molar-refractivity contribution in [3.8, 4) is 17.1 Å². The van der Waals surface area contributed by atoms with Crippen LogP contribution < -0.4 is 0 Å². The minimum absolute atomic E-state index is 0.0415. The van der Waals surface area contributed by atoms with Crippen LogP contribution in [0.15, 0.2) is 41.6 Å². The summed E-state index contributed by atoms with van der Waals surface area (Å²) in [4.78, 5) is 11.5. The van der Waals surface area contributed by atoms with Gasteiger partial charge >= 0.3 is 0 Å². The molecular formula is C13H11N3O3S. The number of aromatic amines is 1. The minimum atomic E-state index is -3.26. The van der Waals surface area contributed by atoms with Gasteiger partial charge in [-0.1, -0.05) is 0 Å². The van der Waals surface area contributed by atoms with Crippen LogP contribution in [0.4, 0.5) is 0 Å². The lowest BCUT2D eigenvalue weighted by Crippen LogP contribution is -1.96. The summed E-state index contributed by atoms with van der Waals surface area (Å²) < 4.78 is 23.0. The zero-order valence-electron chi connectivity index (χ0n) is 10.5. The van der Waals surface area contributed by atoms with E-state index in [4.69, 9.17) is 0 Å². The lowest BCUT2D eigenvalue weighted by atomic mass is 10.2. The number of hydrogen-bond acceptors (Lipinski definition) is 5. The van der Waals surface area contributed by atoms with E-state index in [1.807, 2.05) is 0 Å². The molecule has 1 aromatic carbocycles. The number of sulfone groups is 1. The predicted molar refractivity (Wildman–Crippen MR) is 74.1 cm³/mol. The summed E-state index contributed by atoms with van der Waals surface area (Å²) in [6, 6.07) is 6.23. The van der Waals surface area contributed by atoms with Crippen LogP contribution in [-0.2, 0) is 9.84 Å². The van der Waals surface area contributed by atoms with Crippen LogP contribution >= 0.6 is 0 Å². The van der Waals surface area contributed by atoms with E-state index in [1.165, 1.54) is 24.4 Å². The summed E-state index contributed by atoms with van der Waals surface area (Å²) >= 11 is 0. The topological polar surface area (TPSA) is 95.9 Å². The van der Waals surface area contributed by atoms with E-state index in [1.54, 1.807) is 12.3 Å². The molecule has 20 heavy (non-hydrogen) atoms. The number of nitrogens with one attached hydrogen (secondary N) is 1. The van der Waals surface area contributed by atoms with E-state index >= 15 is 0 Å². The highest BCUT2D eigenvalue weighted by molar-refractivity contribution is 7.90. The molecule has 0 aliphatic carbocycles. The number of hydrogen-bond donors (Lipinski definition) is 2. The Balaban J connectivity index is 2.16. The largest absolute Gasteiger partial charge is 0.506 e. The van der Waals surface area contributed by atoms with Crippen LogP contribution in [0.1, 0.15) is 0 Å². The van der Waals surface area contributed by atoms with E-state index in [0.29, 0.717) is 22.4 Å². The number of aromatic hydroxyl groups is 1. The maximum Gasteiger partial charge on any atom is 0.175 e. The average molecular weight is 289 g/mol. The second-order valence-corrected chi connectivity index (χ2v) is 6.48. The van der Waals surface area contributed by atoms with Gasteiger partial charge in [-0.25, -0.2) is 13.4 Å². The molecule has 0 aliphatic heterocycles. The molecule has 6 nitrogen and oxygen atoms in total. The Morgan fingerprint density at radius 2 is 2.00 bits per heavy atom. The normalized spacial score (nSPS) is 11.8. The van der Waals surface area contributed by atoms with Crippen molar-refractivity contribution in [1.29, 1.82) is 0 Å². The Hall–Kier alpha value is -2.41. The zero-order valence-corrected chi connectivity index (χ0v) is 11.3. The third-order valence-electron chi connectivity index (χ3n) is 2.88. The first kappa shape index (κ1) is 12.6. The molecule has 0 atom stereocenters. The Bertz CT molecular complexity index is 900. The number of pyridine rings is 1. The highest BCUT2D eigenvalue weighted by Crippen LogP contribution is 2.24. The van der Waals surface area contributed by atoms with E-state index in [2.05, 4.69) is 15.0 Å². The van der Waals surface area contributed by atoms with Crippen molar-refractivity contribution in [1.82, 2.24) is 15.0 Å². The van der Waals surface area contributed by atoms with Gasteiger partial charge in [-0.3, -0.25) is 4.98 Å². The SMILES string of the molecule is CS(=O)(=O)c1ccc2nc(-c3cncc(O)c3)[nH]c2c1. The van der Waals surface area contributed by atoms with Gasteiger partial charge in [-0.15, -0.1) is 0 Å². The quantitative estimate of drug-likeness (QED) is 0.749. The van der Waals surface area contributed by atoms with Crippen molar-refractivity contribution in [2.24, 2.45) is 0 Å². The van der Waals surface area contributed by atoms with Crippen molar-refractivity contribution in [2.45, 2.75) is 4.90 Å². The van der Waals surface area contributed by atoms with Crippen LogP contribution in [0.2, 0.25) is 0 Å². The second-order valence-electron chi connectivity index (χ2n) is 4.47. The van der Waals surface area contributed by atoms with Crippen LogP contribution in [0, 0.1) is 0 Å². The van der Waals surface area contributed by atoms with E-state index in [0.717, 1.165) is 6.26 Å². The Morgan fingerprint density at radius 1 is 1.20 bits per heavy atom. The molecular weight excluding hydrogens is 278 g/mol. The first-order chi connectivity index (χ1) is 9.43. The number of fused-ring (bicyclic) bond motifs is 1. The average Bonchev–Trinajstić information content (AvgIpc) is 2.80. The maximum absolute atomic E-state index is 11.5. The molecule has 2 heterocycles. The van der Waals surface area contributed by atoms with E-state index < -0.39 is 9.84 Å². The molecule has 2 aromatic heterocycles. The molecule has 3 rings (SSSR count). The van der Waals surface area contributed by atoms with Gasteiger partial charge in [0.25, 0.3) is 0 Å². The van der Waals surface area contributed by atoms with Crippen molar-refractivity contribution in [3.05, 3.63) is 36.7 Å². The fourth-order valence-corrected chi connectivity index (χ4v) is 2.56. The predicted octanol–water partition coefficient (Wildman–Crippen LogP) is 1.73. The van der Waals surface area contributed by atoms with Crippen molar-refractivity contribution < 1.29 is 13.5 Å². The molecule has 0 bridgehead atoms. The monoisotopic (exact) mass is 289 g/mol. The zero-order chi connectivity index (χ0) is 14.3. The summed E-state index contributed by atoms with van der Waals surface area (Å²) in [6.45, 7) is 0. The van der Waals surface area contributed by atoms with Crippen molar-refractivity contribution >= 4 is 20.9 Å². The summed E-state index contributed by atoms with van der Waals surface area (Å²) in [5.41, 5.74) is 1.89. The van der Waals surface area contributed by atoms with Gasteiger partial charge in [0.15, 0.2) is 9.84 Å². The number of nitrogens with zero attached hydrogens (tertiary/aromatic N) is 2. The van der Waals surface area contributed by atoms with Crippen LogP contribution in [0.3, 0.4) is 0 Å². The second kappa shape index (κ2) is 4.31. The summed E-state index contributed by atoms with van der Waals surface area (Å²) in [5.74, 6) is 0.564. The van der Waals surface area contributed by atoms with Gasteiger partial charge in [0.1, 0.15) is 11.6 Å². The first-order valence-electron chi connectivity index (χ1n) is 5.78. The van der Waals surface area contributed by atoms with Crippen LogP contribution in [-0.4, -0.2) is 34.7 Å². The number of aromatic nitrogens is 3. The molecule has 0 saturated carbocycles. The molecule has 0 saturated heterocycles. The lowest BCUT2D eigenvalue weighted by Gasteiger charge is -1.96. The Morgan fingerprint density at radius 3 is 2.70 bits per heavy atom. The highest BCUT2D eigenvalue weighted by atomic mass is 32.2. The minimum Gasteiger partial charge on any atom is -0.506 e. The van der Waals surface area contributed by atoms with Crippen LogP contribution in [0.5, 0.6) is 5.75 Å². The third kappa shape index (κ3) is 2.23. The van der Waals surface area contributed by atoms with E-state index in [9.17, 15) is 13.5 Å². The number of rotatable bonds is 2. The summed E-state index contributed by atoms with van der Waals surface area (Å²) in [5, 5.41) is 9.42. The van der Waals surface area contributed by atoms with E-state index in [-0.39, 0.29) is 10.6 Å². The molecule has 0 radical (unpaired) electrons. The summed E-state index contributed by atoms with van der Waals surface area (Å²) in [6.07, 6.45) is 4.05. The van der Waals surface area contributed by atoms with Gasteiger partial charge < -0.3 is 10.1 Å². The maximum atomic E-state index is 11.5. The third-order valence-corrected chi connectivity index (χ3v) is 3.99. The Kier molecular flexibility index (Phi) is 2.72. The molecule has 0 amide bonds. The van der Waals surface area contributed by atoms with Gasteiger partial charge in [-0.2, -0.15) is 0 Å². The molecule has 2 N–H and O–H groups in total. The van der Waals surface area contributed by atoms with Gasteiger partial charge in [0, 0.05) is 18.0 Å². The fourth-order valence-electron chi connectivity index (χ4n) is 1.91. The van der Waals surface area contributed by atoms with Gasteiger partial charge in [0.2, 0.25) is 0 Å². The van der Waals surface area contributed by atoms with Crippen molar-refractivity contribution in [3.63, 3.8) is 0 Å². The van der Waals surface area contributed by atoms with Crippen LogP contribution in [0.25, 0.3) is 22.4 Å². The molecule has 3 aromatic rings.